The molecule has 1 unspecified atom stereocenters. The summed E-state index contributed by atoms with van der Waals surface area (Å²) in [5.74, 6) is -1.54. The maximum absolute atomic E-state index is 13.1. The minimum Gasteiger partial charge on any atom is -0.337 e. The van der Waals surface area contributed by atoms with Gasteiger partial charge in [0, 0.05) is 18.0 Å². The van der Waals surface area contributed by atoms with Crippen LogP contribution in [0.4, 0.5) is 17.6 Å². The van der Waals surface area contributed by atoms with Crippen LogP contribution in [0.15, 0.2) is 48.8 Å². The van der Waals surface area contributed by atoms with Crippen LogP contribution in [0.25, 0.3) is 0 Å². The van der Waals surface area contributed by atoms with Gasteiger partial charge < -0.3 is 5.32 Å². The molecule has 0 aliphatic carbocycles. The maximum atomic E-state index is 13.1. The van der Waals surface area contributed by atoms with Crippen LogP contribution in [0.5, 0.6) is 0 Å². The summed E-state index contributed by atoms with van der Waals surface area (Å²) in [4.78, 5) is 15.5. The first-order valence-corrected chi connectivity index (χ1v) is 5.91. The number of rotatable bonds is 3. The van der Waals surface area contributed by atoms with Crippen molar-refractivity contribution >= 4 is 5.91 Å². The van der Waals surface area contributed by atoms with Crippen molar-refractivity contribution in [3.05, 3.63) is 65.7 Å². The molecule has 0 saturated carbocycles. The number of nitrogens with zero attached hydrogens (tertiary/aromatic N) is 1. The van der Waals surface area contributed by atoms with E-state index in [0.29, 0.717) is 0 Å². The van der Waals surface area contributed by atoms with Gasteiger partial charge in [-0.15, -0.1) is 0 Å². The number of carbonyl (C=O) groups is 1. The number of hydrogen-bond donors (Lipinski definition) is 1. The lowest BCUT2D eigenvalue weighted by atomic mass is 10.1. The van der Waals surface area contributed by atoms with Crippen molar-refractivity contribution in [1.82, 2.24) is 10.3 Å². The van der Waals surface area contributed by atoms with Crippen LogP contribution < -0.4 is 5.32 Å². The molecule has 0 saturated heterocycles. The lowest BCUT2D eigenvalue weighted by Crippen LogP contribution is -2.38. The summed E-state index contributed by atoms with van der Waals surface area (Å²) in [6.07, 6.45) is -2.09. The first kappa shape index (κ1) is 15.0. The van der Waals surface area contributed by atoms with Gasteiger partial charge >= 0.3 is 6.18 Å². The molecule has 0 fully saturated rings. The van der Waals surface area contributed by atoms with Crippen LogP contribution in [-0.4, -0.2) is 17.1 Å². The van der Waals surface area contributed by atoms with E-state index < -0.39 is 23.9 Å². The second-order valence-electron chi connectivity index (χ2n) is 4.24. The van der Waals surface area contributed by atoms with E-state index in [2.05, 4.69) is 4.98 Å². The highest BCUT2D eigenvalue weighted by Crippen LogP contribution is 2.32. The van der Waals surface area contributed by atoms with Crippen LogP contribution in [-0.2, 0) is 0 Å². The van der Waals surface area contributed by atoms with E-state index in [1.165, 1.54) is 24.5 Å². The molecule has 1 amide bonds. The zero-order valence-electron chi connectivity index (χ0n) is 10.6. The van der Waals surface area contributed by atoms with E-state index in [0.717, 1.165) is 24.3 Å². The molecule has 2 aromatic rings. The van der Waals surface area contributed by atoms with Crippen LogP contribution in [0.1, 0.15) is 22.0 Å². The molecule has 1 atom stereocenters. The Kier molecular flexibility index (Phi) is 4.21. The summed E-state index contributed by atoms with van der Waals surface area (Å²) in [5.41, 5.74) is -0.187. The normalized spacial score (nSPS) is 12.8. The average molecular weight is 298 g/mol. The van der Waals surface area contributed by atoms with Gasteiger partial charge in [0.15, 0.2) is 6.04 Å². The van der Waals surface area contributed by atoms with Gasteiger partial charge in [-0.25, -0.2) is 4.39 Å². The molecule has 2 rings (SSSR count). The fourth-order valence-corrected chi connectivity index (χ4v) is 1.73. The molecular weight excluding hydrogens is 288 g/mol. The van der Waals surface area contributed by atoms with Gasteiger partial charge in [-0.05, 0) is 29.8 Å². The van der Waals surface area contributed by atoms with Gasteiger partial charge in [0.2, 0.25) is 0 Å². The smallest absolute Gasteiger partial charge is 0.337 e. The van der Waals surface area contributed by atoms with Crippen LogP contribution in [0.3, 0.4) is 0 Å². The Hall–Kier alpha value is -2.44. The van der Waals surface area contributed by atoms with E-state index in [1.54, 1.807) is 0 Å². The monoisotopic (exact) mass is 298 g/mol. The molecule has 21 heavy (non-hydrogen) atoms. The lowest BCUT2D eigenvalue weighted by molar-refractivity contribution is -0.155. The maximum Gasteiger partial charge on any atom is 0.412 e. The van der Waals surface area contributed by atoms with Gasteiger partial charge in [-0.1, -0.05) is 12.1 Å². The first-order chi connectivity index (χ1) is 9.88. The summed E-state index contributed by atoms with van der Waals surface area (Å²) in [6, 6.07) is 4.18. The summed E-state index contributed by atoms with van der Waals surface area (Å²) in [7, 11) is 0. The third-order valence-corrected chi connectivity index (χ3v) is 2.75. The number of pyridine rings is 1. The molecule has 0 aliphatic heterocycles. The van der Waals surface area contributed by atoms with Crippen molar-refractivity contribution in [2.45, 2.75) is 12.2 Å². The predicted molar refractivity (Wildman–Crippen MR) is 66.9 cm³/mol. The van der Waals surface area contributed by atoms with Gasteiger partial charge in [0.25, 0.3) is 5.91 Å². The average Bonchev–Trinajstić information content (AvgIpc) is 2.45. The Bertz CT molecular complexity index is 611. The van der Waals surface area contributed by atoms with Crippen molar-refractivity contribution in [1.29, 1.82) is 0 Å². The molecule has 0 spiro atoms. The Morgan fingerprint density at radius 3 is 2.14 bits per heavy atom. The summed E-state index contributed by atoms with van der Waals surface area (Å²) in [5, 5.41) is 1.89. The molecule has 0 radical (unpaired) electrons. The molecule has 110 valence electrons. The number of halogens is 4. The van der Waals surface area contributed by atoms with E-state index in [-0.39, 0.29) is 11.1 Å². The molecule has 3 nitrogen and oxygen atoms in total. The lowest BCUT2D eigenvalue weighted by Gasteiger charge is -2.22. The second kappa shape index (κ2) is 5.90. The number of amides is 1. The molecule has 1 N–H and O–H groups in total. The fourth-order valence-electron chi connectivity index (χ4n) is 1.73. The standard InChI is InChI=1S/C14H10F4N2O/c15-11-3-1-9(2-4-11)12(14(16,17)18)20-13(21)10-5-7-19-8-6-10/h1-8,12H,(H,20,21). The minimum atomic E-state index is -4.69. The second-order valence-corrected chi connectivity index (χ2v) is 4.24. The van der Waals surface area contributed by atoms with E-state index in [4.69, 9.17) is 0 Å². The SMILES string of the molecule is O=C(NC(c1ccc(F)cc1)C(F)(F)F)c1ccncc1. The van der Waals surface area contributed by atoms with Gasteiger partial charge in [-0.3, -0.25) is 9.78 Å². The highest BCUT2D eigenvalue weighted by Gasteiger charge is 2.42. The van der Waals surface area contributed by atoms with Crippen molar-refractivity contribution < 1.29 is 22.4 Å². The molecular formula is C14H10F4N2O. The van der Waals surface area contributed by atoms with E-state index >= 15 is 0 Å². The summed E-state index contributed by atoms with van der Waals surface area (Å²) >= 11 is 0. The zero-order chi connectivity index (χ0) is 15.5. The number of hydrogen-bond acceptors (Lipinski definition) is 2. The molecule has 0 bridgehead atoms. The van der Waals surface area contributed by atoms with Crippen molar-refractivity contribution in [2.75, 3.05) is 0 Å². The topological polar surface area (TPSA) is 42.0 Å². The number of carbonyl (C=O) groups excluding carboxylic acids is 1. The predicted octanol–water partition coefficient (Wildman–Crippen LogP) is 3.25. The van der Waals surface area contributed by atoms with Gasteiger partial charge in [0.1, 0.15) is 5.82 Å². The highest BCUT2D eigenvalue weighted by molar-refractivity contribution is 5.94. The van der Waals surface area contributed by atoms with Crippen LogP contribution in [0.2, 0.25) is 0 Å². The summed E-state index contributed by atoms with van der Waals surface area (Å²) in [6.45, 7) is 0. The number of alkyl halides is 3. The van der Waals surface area contributed by atoms with Crippen LogP contribution >= 0.6 is 0 Å². The van der Waals surface area contributed by atoms with Crippen LogP contribution in [0, 0.1) is 5.82 Å². The molecule has 1 heterocycles. The molecule has 1 aromatic carbocycles. The first-order valence-electron chi connectivity index (χ1n) is 5.91. The number of nitrogens with one attached hydrogen (secondary N) is 1. The number of aromatic nitrogens is 1. The largest absolute Gasteiger partial charge is 0.412 e. The Morgan fingerprint density at radius 1 is 1.05 bits per heavy atom. The zero-order valence-corrected chi connectivity index (χ0v) is 10.6. The fraction of sp³-hybridized carbons (Fsp3) is 0.143. The minimum absolute atomic E-state index is 0.0568. The van der Waals surface area contributed by atoms with Gasteiger partial charge in [-0.2, -0.15) is 13.2 Å². The van der Waals surface area contributed by atoms with Crippen molar-refractivity contribution in [2.24, 2.45) is 0 Å². The van der Waals surface area contributed by atoms with E-state index in [9.17, 15) is 22.4 Å². The number of benzene rings is 1. The molecule has 0 aliphatic rings. The van der Waals surface area contributed by atoms with E-state index in [1.807, 2.05) is 5.32 Å². The summed E-state index contributed by atoms with van der Waals surface area (Å²) < 4.78 is 52.0. The molecule has 7 heteroatoms. The Balaban J connectivity index is 2.26. The highest BCUT2D eigenvalue weighted by atomic mass is 19.4. The third-order valence-electron chi connectivity index (χ3n) is 2.75. The Morgan fingerprint density at radius 2 is 1.62 bits per heavy atom. The van der Waals surface area contributed by atoms with Crippen molar-refractivity contribution in [3.8, 4) is 0 Å². The van der Waals surface area contributed by atoms with Gasteiger partial charge in [0.05, 0.1) is 0 Å². The van der Waals surface area contributed by atoms with Crippen molar-refractivity contribution in [3.63, 3.8) is 0 Å². The third kappa shape index (κ3) is 3.77. The molecule has 1 aromatic heterocycles. The quantitative estimate of drug-likeness (QED) is 0.884. The Labute approximate surface area is 117 Å².